The molecule has 0 unspecified atom stereocenters. The van der Waals surface area contributed by atoms with Crippen molar-refractivity contribution in [2.45, 2.75) is 13.1 Å². The van der Waals surface area contributed by atoms with Gasteiger partial charge in [-0.1, -0.05) is 18.2 Å². The Kier molecular flexibility index (Phi) is 3.99. The van der Waals surface area contributed by atoms with Crippen LogP contribution in [0.15, 0.2) is 42.5 Å². The molecule has 94 valence electrons. The molecular formula is C14H12F3N. The summed E-state index contributed by atoms with van der Waals surface area (Å²) in [6, 6.07) is 9.71. The smallest absolute Gasteiger partial charge is 0.130 e. The number of halogens is 3. The molecule has 0 saturated carbocycles. The fraction of sp³-hybridized carbons (Fsp3) is 0.143. The molecule has 0 heterocycles. The maximum absolute atomic E-state index is 13.3. The summed E-state index contributed by atoms with van der Waals surface area (Å²) in [5.74, 6) is -1.44. The Morgan fingerprint density at radius 3 is 2.00 bits per heavy atom. The number of hydrogen-bond acceptors (Lipinski definition) is 1. The molecule has 0 aromatic heterocycles. The van der Waals surface area contributed by atoms with Crippen LogP contribution in [0.25, 0.3) is 0 Å². The van der Waals surface area contributed by atoms with E-state index in [2.05, 4.69) is 5.32 Å². The molecule has 0 bridgehead atoms. The normalized spacial score (nSPS) is 10.6. The van der Waals surface area contributed by atoms with Gasteiger partial charge in [-0.2, -0.15) is 0 Å². The topological polar surface area (TPSA) is 12.0 Å². The van der Waals surface area contributed by atoms with E-state index in [9.17, 15) is 13.2 Å². The summed E-state index contributed by atoms with van der Waals surface area (Å²) in [6.07, 6.45) is 0. The van der Waals surface area contributed by atoms with Crippen LogP contribution < -0.4 is 5.32 Å². The minimum atomic E-state index is -0.568. The molecule has 0 fully saturated rings. The SMILES string of the molecule is Fc1ccc(CNCc2c(F)cccc2F)cc1. The predicted molar refractivity (Wildman–Crippen MR) is 63.3 cm³/mol. The van der Waals surface area contributed by atoms with E-state index in [1.54, 1.807) is 12.1 Å². The molecule has 0 aliphatic heterocycles. The highest BCUT2D eigenvalue weighted by atomic mass is 19.1. The number of rotatable bonds is 4. The Hall–Kier alpha value is -1.81. The van der Waals surface area contributed by atoms with Gasteiger partial charge >= 0.3 is 0 Å². The van der Waals surface area contributed by atoms with Gasteiger partial charge in [0.1, 0.15) is 17.5 Å². The van der Waals surface area contributed by atoms with Crippen molar-refractivity contribution in [2.24, 2.45) is 0 Å². The van der Waals surface area contributed by atoms with E-state index in [0.717, 1.165) is 5.56 Å². The van der Waals surface area contributed by atoms with Gasteiger partial charge in [0.15, 0.2) is 0 Å². The lowest BCUT2D eigenvalue weighted by Gasteiger charge is -2.07. The third-order valence-electron chi connectivity index (χ3n) is 2.61. The summed E-state index contributed by atoms with van der Waals surface area (Å²) in [5.41, 5.74) is 0.868. The largest absolute Gasteiger partial charge is 0.308 e. The third-order valence-corrected chi connectivity index (χ3v) is 2.61. The maximum Gasteiger partial charge on any atom is 0.130 e. The first-order chi connectivity index (χ1) is 8.66. The predicted octanol–water partition coefficient (Wildman–Crippen LogP) is 3.39. The average Bonchev–Trinajstić information content (AvgIpc) is 2.35. The highest BCUT2D eigenvalue weighted by molar-refractivity contribution is 5.20. The van der Waals surface area contributed by atoms with Crippen LogP contribution in [0.5, 0.6) is 0 Å². The molecule has 1 nitrogen and oxygen atoms in total. The Labute approximate surface area is 103 Å². The third kappa shape index (κ3) is 3.11. The molecule has 0 aliphatic carbocycles. The highest BCUT2D eigenvalue weighted by Crippen LogP contribution is 2.11. The minimum Gasteiger partial charge on any atom is -0.308 e. The van der Waals surface area contributed by atoms with Gasteiger partial charge in [-0.05, 0) is 29.8 Å². The first-order valence-corrected chi connectivity index (χ1v) is 5.55. The van der Waals surface area contributed by atoms with Gasteiger partial charge in [0.2, 0.25) is 0 Å². The number of hydrogen-bond donors (Lipinski definition) is 1. The van der Waals surface area contributed by atoms with Gasteiger partial charge in [-0.15, -0.1) is 0 Å². The number of nitrogens with one attached hydrogen (secondary N) is 1. The summed E-state index contributed by atoms with van der Waals surface area (Å²) >= 11 is 0. The van der Waals surface area contributed by atoms with Gasteiger partial charge in [0.25, 0.3) is 0 Å². The van der Waals surface area contributed by atoms with Gasteiger partial charge in [0, 0.05) is 18.7 Å². The molecule has 0 aliphatic rings. The molecule has 2 aromatic carbocycles. The first kappa shape index (κ1) is 12.6. The van der Waals surface area contributed by atoms with E-state index in [1.807, 2.05) is 0 Å². The van der Waals surface area contributed by atoms with Gasteiger partial charge in [0.05, 0.1) is 0 Å². The van der Waals surface area contributed by atoms with E-state index in [4.69, 9.17) is 0 Å². The molecule has 4 heteroatoms. The van der Waals surface area contributed by atoms with Crippen molar-refractivity contribution in [1.82, 2.24) is 5.32 Å². The lowest BCUT2D eigenvalue weighted by atomic mass is 10.2. The van der Waals surface area contributed by atoms with Crippen LogP contribution in [0.3, 0.4) is 0 Å². The second-order valence-corrected chi connectivity index (χ2v) is 3.93. The van der Waals surface area contributed by atoms with Crippen molar-refractivity contribution in [3.63, 3.8) is 0 Å². The van der Waals surface area contributed by atoms with E-state index >= 15 is 0 Å². The summed E-state index contributed by atoms with van der Waals surface area (Å²) in [7, 11) is 0. The fourth-order valence-electron chi connectivity index (χ4n) is 1.64. The molecule has 2 rings (SSSR count). The quantitative estimate of drug-likeness (QED) is 0.878. The van der Waals surface area contributed by atoms with Crippen molar-refractivity contribution in [2.75, 3.05) is 0 Å². The molecule has 0 amide bonds. The molecule has 1 N–H and O–H groups in total. The standard InChI is InChI=1S/C14H12F3N/c15-11-6-4-10(5-7-11)8-18-9-12-13(16)2-1-3-14(12)17/h1-7,18H,8-9H2. The van der Waals surface area contributed by atoms with Crippen molar-refractivity contribution >= 4 is 0 Å². The Morgan fingerprint density at radius 1 is 0.778 bits per heavy atom. The zero-order valence-corrected chi connectivity index (χ0v) is 9.59. The van der Waals surface area contributed by atoms with E-state index in [1.165, 1.54) is 30.3 Å². The second kappa shape index (κ2) is 5.69. The first-order valence-electron chi connectivity index (χ1n) is 5.55. The van der Waals surface area contributed by atoms with Crippen LogP contribution in [0.2, 0.25) is 0 Å². The van der Waals surface area contributed by atoms with Crippen LogP contribution >= 0.6 is 0 Å². The van der Waals surface area contributed by atoms with Crippen molar-refractivity contribution in [3.05, 3.63) is 71.0 Å². The second-order valence-electron chi connectivity index (χ2n) is 3.93. The Balaban J connectivity index is 1.94. The summed E-state index contributed by atoms with van der Waals surface area (Å²) < 4.78 is 39.3. The minimum absolute atomic E-state index is 0.0135. The molecule has 0 radical (unpaired) electrons. The molecule has 0 atom stereocenters. The Bertz CT molecular complexity index is 503. The van der Waals surface area contributed by atoms with Gasteiger partial charge < -0.3 is 5.32 Å². The molecular weight excluding hydrogens is 239 g/mol. The van der Waals surface area contributed by atoms with Crippen LogP contribution in [0, 0.1) is 17.5 Å². The van der Waals surface area contributed by atoms with E-state index < -0.39 is 11.6 Å². The summed E-state index contributed by atoms with van der Waals surface area (Å²) in [4.78, 5) is 0. The molecule has 2 aromatic rings. The lowest BCUT2D eigenvalue weighted by Crippen LogP contribution is -2.15. The average molecular weight is 251 g/mol. The van der Waals surface area contributed by atoms with Crippen LogP contribution in [0.4, 0.5) is 13.2 Å². The highest BCUT2D eigenvalue weighted by Gasteiger charge is 2.07. The monoisotopic (exact) mass is 251 g/mol. The van der Waals surface area contributed by atoms with Gasteiger partial charge in [-0.25, -0.2) is 13.2 Å². The number of benzene rings is 2. The fourth-order valence-corrected chi connectivity index (χ4v) is 1.64. The van der Waals surface area contributed by atoms with Crippen LogP contribution in [-0.4, -0.2) is 0 Å². The van der Waals surface area contributed by atoms with E-state index in [0.29, 0.717) is 6.54 Å². The van der Waals surface area contributed by atoms with Gasteiger partial charge in [-0.3, -0.25) is 0 Å². The lowest BCUT2D eigenvalue weighted by molar-refractivity contribution is 0.535. The molecule has 0 spiro atoms. The van der Waals surface area contributed by atoms with Crippen molar-refractivity contribution in [1.29, 1.82) is 0 Å². The maximum atomic E-state index is 13.3. The molecule has 18 heavy (non-hydrogen) atoms. The summed E-state index contributed by atoms with van der Waals surface area (Å²) in [6.45, 7) is 0.518. The molecule has 0 saturated heterocycles. The van der Waals surface area contributed by atoms with Crippen LogP contribution in [0.1, 0.15) is 11.1 Å². The Morgan fingerprint density at radius 2 is 1.39 bits per heavy atom. The van der Waals surface area contributed by atoms with E-state index in [-0.39, 0.29) is 17.9 Å². The zero-order valence-electron chi connectivity index (χ0n) is 9.59. The zero-order chi connectivity index (χ0) is 13.0. The van der Waals surface area contributed by atoms with Crippen LogP contribution in [-0.2, 0) is 13.1 Å². The van der Waals surface area contributed by atoms with Crippen molar-refractivity contribution < 1.29 is 13.2 Å². The summed E-state index contributed by atoms with van der Waals surface area (Å²) in [5, 5.41) is 2.92. The van der Waals surface area contributed by atoms with Crippen molar-refractivity contribution in [3.8, 4) is 0 Å².